The van der Waals surface area contributed by atoms with Crippen molar-refractivity contribution in [3.05, 3.63) is 46.8 Å². The van der Waals surface area contributed by atoms with Crippen molar-refractivity contribution in [3.8, 4) is 11.5 Å². The fraction of sp³-hybridized carbons (Fsp3) is 0.500. The van der Waals surface area contributed by atoms with Crippen LogP contribution < -0.4 is 20.5 Å². The van der Waals surface area contributed by atoms with Crippen LogP contribution in [-0.4, -0.2) is 47.2 Å². The lowest BCUT2D eigenvalue weighted by Gasteiger charge is -2.28. The maximum absolute atomic E-state index is 13.6. The van der Waals surface area contributed by atoms with E-state index in [1.807, 2.05) is 6.07 Å². The Labute approximate surface area is 221 Å². The van der Waals surface area contributed by atoms with Crippen LogP contribution in [0.3, 0.4) is 0 Å². The minimum Gasteiger partial charge on any atom is -0.493 e. The minimum atomic E-state index is -4.50. The van der Waals surface area contributed by atoms with Crippen LogP contribution in [0.2, 0.25) is 0 Å². The highest BCUT2D eigenvalue weighted by Crippen LogP contribution is 2.39. The lowest BCUT2D eigenvalue weighted by molar-refractivity contribution is -0.138. The van der Waals surface area contributed by atoms with Crippen molar-refractivity contribution in [2.45, 2.75) is 71.8 Å². The molecule has 0 unspecified atom stereocenters. The number of nitrogens with zero attached hydrogens (tertiary/aromatic N) is 3. The number of fused-ring (bicyclic) bond motifs is 1. The third-order valence-corrected chi connectivity index (χ3v) is 7.21. The van der Waals surface area contributed by atoms with Gasteiger partial charge in [-0.15, -0.1) is 0 Å². The molecule has 1 fully saturated rings. The van der Waals surface area contributed by atoms with Crippen LogP contribution in [0.4, 0.5) is 24.7 Å². The average molecular weight is 532 g/mol. The van der Waals surface area contributed by atoms with Gasteiger partial charge in [0, 0.05) is 29.2 Å². The normalized spacial score (nSPS) is 17.3. The predicted octanol–water partition coefficient (Wildman–Crippen LogP) is 6.28. The second-order valence-corrected chi connectivity index (χ2v) is 10.2. The Morgan fingerprint density at radius 2 is 1.84 bits per heavy atom. The minimum absolute atomic E-state index is 0.0538. The molecule has 38 heavy (non-hydrogen) atoms. The molecule has 0 bridgehead atoms. The van der Waals surface area contributed by atoms with E-state index in [2.05, 4.69) is 34.0 Å². The lowest BCUT2D eigenvalue weighted by Crippen LogP contribution is -2.39. The van der Waals surface area contributed by atoms with Gasteiger partial charge in [0.2, 0.25) is 0 Å². The van der Waals surface area contributed by atoms with Gasteiger partial charge in [-0.05, 0) is 83.3 Å². The van der Waals surface area contributed by atoms with Gasteiger partial charge in [-0.25, -0.2) is 9.97 Å². The standard InChI is InChI=1S/C28H36F3N5O2/c1-15(2)36-9-7-8-20(36)14-38-26-12-22-24(13-25(26)37-6)34-18(5)35-27(22)33-17(4)21-10-19(32)11-23(16(21)3)28(29,30)31/h10-13,15,17,20H,7-9,14,32H2,1-6H3,(H,33,34,35)/t17-,20+/m1/s1. The van der Waals surface area contributed by atoms with Crippen molar-refractivity contribution in [1.82, 2.24) is 14.9 Å². The number of hydrogen-bond acceptors (Lipinski definition) is 7. The van der Waals surface area contributed by atoms with E-state index in [1.165, 1.54) is 6.92 Å². The third kappa shape index (κ3) is 5.75. The molecule has 1 saturated heterocycles. The topological polar surface area (TPSA) is 85.5 Å². The largest absolute Gasteiger partial charge is 0.493 e. The molecule has 2 heterocycles. The van der Waals surface area contributed by atoms with Gasteiger partial charge >= 0.3 is 6.18 Å². The van der Waals surface area contributed by atoms with Crippen molar-refractivity contribution in [3.63, 3.8) is 0 Å². The summed E-state index contributed by atoms with van der Waals surface area (Å²) < 4.78 is 52.7. The van der Waals surface area contributed by atoms with Crippen LogP contribution in [-0.2, 0) is 6.18 Å². The van der Waals surface area contributed by atoms with Gasteiger partial charge in [-0.2, -0.15) is 13.2 Å². The second-order valence-electron chi connectivity index (χ2n) is 10.2. The number of likely N-dealkylation sites (tertiary alicyclic amines) is 1. The van der Waals surface area contributed by atoms with Gasteiger partial charge in [0.1, 0.15) is 18.2 Å². The predicted molar refractivity (Wildman–Crippen MR) is 144 cm³/mol. The van der Waals surface area contributed by atoms with Crippen LogP contribution >= 0.6 is 0 Å². The van der Waals surface area contributed by atoms with Gasteiger partial charge in [-0.3, -0.25) is 4.90 Å². The quantitative estimate of drug-likeness (QED) is 0.331. The van der Waals surface area contributed by atoms with E-state index in [0.29, 0.717) is 58.3 Å². The summed E-state index contributed by atoms with van der Waals surface area (Å²) in [5.74, 6) is 2.14. The van der Waals surface area contributed by atoms with Crippen molar-refractivity contribution in [2.75, 3.05) is 31.3 Å². The number of nitrogen functional groups attached to an aromatic ring is 1. The summed E-state index contributed by atoms with van der Waals surface area (Å²) in [5, 5.41) is 3.98. The Hall–Kier alpha value is -3.27. The van der Waals surface area contributed by atoms with Crippen molar-refractivity contribution in [1.29, 1.82) is 0 Å². The van der Waals surface area contributed by atoms with Gasteiger partial charge in [0.25, 0.3) is 0 Å². The Morgan fingerprint density at radius 3 is 2.50 bits per heavy atom. The molecule has 0 spiro atoms. The van der Waals surface area contributed by atoms with Crippen molar-refractivity contribution < 1.29 is 22.6 Å². The van der Waals surface area contributed by atoms with Crippen molar-refractivity contribution in [2.24, 2.45) is 0 Å². The summed E-state index contributed by atoms with van der Waals surface area (Å²) in [6, 6.07) is 6.42. The maximum Gasteiger partial charge on any atom is 0.416 e. The number of rotatable bonds is 8. The number of halogens is 3. The second kappa shape index (κ2) is 10.8. The number of benzene rings is 2. The monoisotopic (exact) mass is 531 g/mol. The summed E-state index contributed by atoms with van der Waals surface area (Å²) in [5.41, 5.74) is 6.37. The molecule has 2 atom stereocenters. The molecule has 10 heteroatoms. The number of alkyl halides is 3. The van der Waals surface area contributed by atoms with E-state index in [9.17, 15) is 13.2 Å². The molecule has 1 aromatic heterocycles. The molecule has 1 aliphatic heterocycles. The summed E-state index contributed by atoms with van der Waals surface area (Å²) in [7, 11) is 1.58. The molecule has 7 nitrogen and oxygen atoms in total. The molecule has 3 N–H and O–H groups in total. The van der Waals surface area contributed by atoms with Crippen LogP contribution in [0, 0.1) is 13.8 Å². The Morgan fingerprint density at radius 1 is 1.11 bits per heavy atom. The number of aryl methyl sites for hydroxylation is 1. The summed E-state index contributed by atoms with van der Waals surface area (Å²) in [6.07, 6.45) is -2.29. The summed E-state index contributed by atoms with van der Waals surface area (Å²) in [6.45, 7) is 11.0. The Kier molecular flexibility index (Phi) is 7.92. The molecule has 206 valence electrons. The van der Waals surface area contributed by atoms with E-state index in [1.54, 1.807) is 33.1 Å². The number of methoxy groups -OCH3 is 1. The van der Waals surface area contributed by atoms with E-state index in [4.69, 9.17) is 15.2 Å². The number of anilines is 2. The summed E-state index contributed by atoms with van der Waals surface area (Å²) in [4.78, 5) is 11.6. The molecule has 0 amide bonds. The van der Waals surface area contributed by atoms with Crippen LogP contribution in [0.1, 0.15) is 62.2 Å². The third-order valence-electron chi connectivity index (χ3n) is 7.21. The fourth-order valence-corrected chi connectivity index (χ4v) is 5.32. The maximum atomic E-state index is 13.6. The van der Waals surface area contributed by atoms with Crippen LogP contribution in [0.15, 0.2) is 24.3 Å². The van der Waals surface area contributed by atoms with Crippen LogP contribution in [0.25, 0.3) is 10.9 Å². The molecule has 0 saturated carbocycles. The molecule has 2 aromatic carbocycles. The first kappa shape index (κ1) is 27.8. The smallest absolute Gasteiger partial charge is 0.416 e. The highest BCUT2D eigenvalue weighted by Gasteiger charge is 2.34. The highest BCUT2D eigenvalue weighted by atomic mass is 19.4. The first-order chi connectivity index (χ1) is 17.9. The van der Waals surface area contributed by atoms with E-state index < -0.39 is 17.8 Å². The molecule has 0 radical (unpaired) electrons. The zero-order chi connectivity index (χ0) is 27.8. The van der Waals surface area contributed by atoms with Crippen LogP contribution in [0.5, 0.6) is 11.5 Å². The fourth-order valence-electron chi connectivity index (χ4n) is 5.32. The molecule has 0 aliphatic carbocycles. The average Bonchev–Trinajstić information content (AvgIpc) is 3.31. The highest BCUT2D eigenvalue weighted by molar-refractivity contribution is 5.92. The molecule has 3 aromatic rings. The summed E-state index contributed by atoms with van der Waals surface area (Å²) >= 11 is 0. The van der Waals surface area contributed by atoms with Gasteiger partial charge in [0.15, 0.2) is 11.5 Å². The Balaban J connectivity index is 1.68. The number of nitrogens with one attached hydrogen (secondary N) is 1. The van der Waals surface area contributed by atoms with Gasteiger partial charge in [0.05, 0.1) is 24.2 Å². The van der Waals surface area contributed by atoms with Gasteiger partial charge < -0.3 is 20.5 Å². The Bertz CT molecular complexity index is 1310. The zero-order valence-electron chi connectivity index (χ0n) is 22.7. The number of nitrogens with two attached hydrogens (primary N) is 1. The number of ether oxygens (including phenoxy) is 2. The first-order valence-corrected chi connectivity index (χ1v) is 12.9. The van der Waals surface area contributed by atoms with Gasteiger partial charge in [-0.1, -0.05) is 0 Å². The molecular formula is C28H36F3N5O2. The van der Waals surface area contributed by atoms with E-state index in [0.717, 1.165) is 25.5 Å². The zero-order valence-corrected chi connectivity index (χ0v) is 22.7. The SMILES string of the molecule is COc1cc2nc(C)nc(N[C@H](C)c3cc(N)cc(C(F)(F)F)c3C)c2cc1OC[C@@H]1CCCN1C(C)C. The van der Waals surface area contributed by atoms with E-state index in [-0.39, 0.29) is 11.3 Å². The van der Waals surface area contributed by atoms with E-state index >= 15 is 0 Å². The van der Waals surface area contributed by atoms with Crippen molar-refractivity contribution >= 4 is 22.4 Å². The lowest BCUT2D eigenvalue weighted by atomic mass is 9.96. The first-order valence-electron chi connectivity index (χ1n) is 12.9. The molecular weight excluding hydrogens is 495 g/mol. The molecule has 4 rings (SSSR count). The number of hydrogen-bond donors (Lipinski definition) is 2. The molecule has 1 aliphatic rings. The number of aromatic nitrogens is 2.